The monoisotopic (exact) mass is 413 g/mol. The second kappa shape index (κ2) is 8.16. The number of benzene rings is 2. The summed E-state index contributed by atoms with van der Waals surface area (Å²) in [6, 6.07) is 17.0. The molecule has 0 saturated heterocycles. The molecule has 1 aromatic heterocycles. The maximum absolute atomic E-state index is 12.6. The van der Waals surface area contributed by atoms with E-state index in [1.54, 1.807) is 34.7 Å². The van der Waals surface area contributed by atoms with E-state index >= 15 is 0 Å². The molecule has 1 unspecified atom stereocenters. The number of sulfonamides is 1. The number of primary sulfonamides is 1. The number of nitrogens with zero attached hydrogens (tertiary/aromatic N) is 3. The molecule has 29 heavy (non-hydrogen) atoms. The maximum Gasteiger partial charge on any atom is 0.242 e. The zero-order valence-electron chi connectivity index (χ0n) is 16.4. The van der Waals surface area contributed by atoms with E-state index in [1.165, 1.54) is 12.1 Å². The first-order chi connectivity index (χ1) is 13.7. The molecule has 0 radical (unpaired) electrons. The van der Waals surface area contributed by atoms with E-state index in [2.05, 4.69) is 10.4 Å². The lowest BCUT2D eigenvalue weighted by Crippen LogP contribution is -2.37. The summed E-state index contributed by atoms with van der Waals surface area (Å²) in [4.78, 5) is 14.4. The van der Waals surface area contributed by atoms with Crippen molar-refractivity contribution in [3.8, 4) is 16.9 Å². The van der Waals surface area contributed by atoms with Crippen molar-refractivity contribution in [2.45, 2.75) is 17.9 Å². The Hall–Kier alpha value is -3.01. The molecule has 3 rings (SSSR count). The smallest absolute Gasteiger partial charge is 0.242 e. The first kappa shape index (κ1) is 20.7. The Labute approximate surface area is 170 Å². The van der Waals surface area contributed by atoms with Gasteiger partial charge in [-0.25, -0.2) is 18.2 Å². The van der Waals surface area contributed by atoms with Gasteiger partial charge in [-0.3, -0.25) is 9.69 Å². The SMILES string of the molecule is CC(C(=O)Nc1cc(-c2ccccc2)nn1-c1ccc(S(N)(=O)=O)cc1)N(C)C. The summed E-state index contributed by atoms with van der Waals surface area (Å²) < 4.78 is 24.6. The number of aromatic nitrogens is 2. The van der Waals surface area contributed by atoms with E-state index in [4.69, 9.17) is 5.14 Å². The Morgan fingerprint density at radius 1 is 1.10 bits per heavy atom. The number of hydrogen-bond donors (Lipinski definition) is 2. The number of anilines is 1. The molecule has 152 valence electrons. The lowest BCUT2D eigenvalue weighted by Gasteiger charge is -2.19. The van der Waals surface area contributed by atoms with Crippen molar-refractivity contribution in [1.82, 2.24) is 14.7 Å². The summed E-state index contributed by atoms with van der Waals surface area (Å²) in [5.41, 5.74) is 2.16. The van der Waals surface area contributed by atoms with Gasteiger partial charge in [-0.15, -0.1) is 0 Å². The molecule has 3 aromatic rings. The highest BCUT2D eigenvalue weighted by Gasteiger charge is 2.19. The highest BCUT2D eigenvalue weighted by Crippen LogP contribution is 2.25. The molecular formula is C20H23N5O3S. The standard InChI is InChI=1S/C20H23N5O3S/c1-14(24(2)3)20(26)22-19-13-18(15-7-5-4-6-8-15)23-25(19)16-9-11-17(12-10-16)29(21,27)28/h4-14H,1-3H3,(H,22,26)(H2,21,27,28). The molecule has 0 spiro atoms. The molecular weight excluding hydrogens is 390 g/mol. The van der Waals surface area contributed by atoms with Crippen LogP contribution in [0.1, 0.15) is 6.92 Å². The summed E-state index contributed by atoms with van der Waals surface area (Å²) in [6.45, 7) is 1.80. The summed E-state index contributed by atoms with van der Waals surface area (Å²) in [5.74, 6) is 0.294. The molecule has 0 aliphatic carbocycles. The minimum atomic E-state index is -3.79. The lowest BCUT2D eigenvalue weighted by atomic mass is 10.1. The first-order valence-corrected chi connectivity index (χ1v) is 10.5. The molecule has 0 saturated carbocycles. The third-order valence-electron chi connectivity index (χ3n) is 4.59. The zero-order valence-corrected chi connectivity index (χ0v) is 17.2. The minimum Gasteiger partial charge on any atom is -0.309 e. The fourth-order valence-electron chi connectivity index (χ4n) is 2.66. The Kier molecular flexibility index (Phi) is 5.83. The number of carbonyl (C=O) groups is 1. The zero-order chi connectivity index (χ0) is 21.2. The number of rotatable bonds is 6. The largest absolute Gasteiger partial charge is 0.309 e. The van der Waals surface area contributed by atoms with Crippen LogP contribution in [0.15, 0.2) is 65.6 Å². The number of carbonyl (C=O) groups excluding carboxylic acids is 1. The topological polar surface area (TPSA) is 110 Å². The molecule has 1 amide bonds. The van der Waals surface area contributed by atoms with Crippen LogP contribution in [0.2, 0.25) is 0 Å². The molecule has 0 aliphatic heterocycles. The second-order valence-corrected chi connectivity index (χ2v) is 8.42. The highest BCUT2D eigenvalue weighted by atomic mass is 32.2. The fourth-order valence-corrected chi connectivity index (χ4v) is 3.17. The van der Waals surface area contributed by atoms with Crippen molar-refractivity contribution < 1.29 is 13.2 Å². The Bertz CT molecular complexity index is 1110. The third kappa shape index (κ3) is 4.70. The van der Waals surface area contributed by atoms with Gasteiger partial charge in [0.15, 0.2) is 0 Å². The van der Waals surface area contributed by atoms with Gasteiger partial charge in [-0.05, 0) is 45.3 Å². The van der Waals surface area contributed by atoms with Crippen molar-refractivity contribution >= 4 is 21.7 Å². The molecule has 1 atom stereocenters. The van der Waals surface area contributed by atoms with Gasteiger partial charge in [0.05, 0.1) is 22.3 Å². The van der Waals surface area contributed by atoms with Crippen LogP contribution in [0.3, 0.4) is 0 Å². The molecule has 0 aliphatic rings. The molecule has 0 bridgehead atoms. The Balaban J connectivity index is 2.04. The minimum absolute atomic E-state index is 0.00324. The van der Waals surface area contributed by atoms with Crippen LogP contribution in [0.5, 0.6) is 0 Å². The second-order valence-electron chi connectivity index (χ2n) is 6.86. The van der Waals surface area contributed by atoms with E-state index in [0.29, 0.717) is 17.2 Å². The predicted molar refractivity (Wildman–Crippen MR) is 112 cm³/mol. The number of amides is 1. The van der Waals surface area contributed by atoms with Crippen molar-refractivity contribution in [3.05, 3.63) is 60.7 Å². The van der Waals surface area contributed by atoms with E-state index in [0.717, 1.165) is 5.56 Å². The molecule has 9 heteroatoms. The fraction of sp³-hybridized carbons (Fsp3) is 0.200. The molecule has 0 fully saturated rings. The van der Waals surface area contributed by atoms with Crippen molar-refractivity contribution in [1.29, 1.82) is 0 Å². The normalized spacial score (nSPS) is 12.7. The van der Waals surface area contributed by atoms with E-state index in [1.807, 2.05) is 44.4 Å². The Morgan fingerprint density at radius 3 is 2.28 bits per heavy atom. The van der Waals surface area contributed by atoms with Gasteiger partial charge in [0, 0.05) is 11.6 Å². The van der Waals surface area contributed by atoms with Crippen molar-refractivity contribution in [2.75, 3.05) is 19.4 Å². The highest BCUT2D eigenvalue weighted by molar-refractivity contribution is 7.89. The summed E-state index contributed by atoms with van der Waals surface area (Å²) >= 11 is 0. The summed E-state index contributed by atoms with van der Waals surface area (Å²) in [7, 11) is -0.150. The average molecular weight is 414 g/mol. The van der Waals surface area contributed by atoms with Crippen LogP contribution in [0.25, 0.3) is 16.9 Å². The van der Waals surface area contributed by atoms with Gasteiger partial charge in [0.2, 0.25) is 15.9 Å². The summed E-state index contributed by atoms with van der Waals surface area (Å²) in [6.07, 6.45) is 0. The van der Waals surface area contributed by atoms with Crippen LogP contribution in [-0.4, -0.2) is 49.1 Å². The summed E-state index contributed by atoms with van der Waals surface area (Å²) in [5, 5.41) is 12.7. The lowest BCUT2D eigenvalue weighted by molar-refractivity contribution is -0.119. The van der Waals surface area contributed by atoms with Gasteiger partial charge < -0.3 is 5.32 Å². The quantitative estimate of drug-likeness (QED) is 0.643. The predicted octanol–water partition coefficient (Wildman–Crippen LogP) is 2.08. The van der Waals surface area contributed by atoms with Crippen LogP contribution in [0.4, 0.5) is 5.82 Å². The van der Waals surface area contributed by atoms with Crippen molar-refractivity contribution in [3.63, 3.8) is 0 Å². The van der Waals surface area contributed by atoms with Gasteiger partial charge in [0.1, 0.15) is 5.82 Å². The maximum atomic E-state index is 12.6. The van der Waals surface area contributed by atoms with Crippen LogP contribution in [0, 0.1) is 0 Å². The van der Waals surface area contributed by atoms with Gasteiger partial charge in [0.25, 0.3) is 0 Å². The Morgan fingerprint density at radius 2 is 1.72 bits per heavy atom. The van der Waals surface area contributed by atoms with Gasteiger partial charge in [-0.1, -0.05) is 30.3 Å². The van der Waals surface area contributed by atoms with Crippen LogP contribution < -0.4 is 10.5 Å². The van der Waals surface area contributed by atoms with Gasteiger partial charge >= 0.3 is 0 Å². The van der Waals surface area contributed by atoms with E-state index in [-0.39, 0.29) is 16.8 Å². The average Bonchev–Trinajstić information content (AvgIpc) is 3.11. The van der Waals surface area contributed by atoms with E-state index in [9.17, 15) is 13.2 Å². The first-order valence-electron chi connectivity index (χ1n) is 8.93. The molecule has 3 N–H and O–H groups in total. The molecule has 8 nitrogen and oxygen atoms in total. The van der Waals surface area contributed by atoms with Crippen LogP contribution >= 0.6 is 0 Å². The van der Waals surface area contributed by atoms with E-state index < -0.39 is 10.0 Å². The third-order valence-corrected chi connectivity index (χ3v) is 5.52. The number of nitrogens with two attached hydrogens (primary N) is 1. The van der Waals surface area contributed by atoms with Crippen molar-refractivity contribution in [2.24, 2.45) is 5.14 Å². The number of likely N-dealkylation sites (N-methyl/N-ethyl adjacent to an activating group) is 1. The number of nitrogens with one attached hydrogen (secondary N) is 1. The molecule has 1 heterocycles. The van der Waals surface area contributed by atoms with Crippen LogP contribution in [-0.2, 0) is 14.8 Å². The molecule has 2 aromatic carbocycles. The van der Waals surface area contributed by atoms with Gasteiger partial charge in [-0.2, -0.15) is 5.10 Å². The number of hydrogen-bond acceptors (Lipinski definition) is 5.